The zero-order valence-corrected chi connectivity index (χ0v) is 10.5. The van der Waals surface area contributed by atoms with Crippen LogP contribution in [-0.2, 0) is 0 Å². The van der Waals surface area contributed by atoms with E-state index in [-0.39, 0.29) is 0 Å². The monoisotopic (exact) mass is 228 g/mol. The lowest BCUT2D eigenvalue weighted by Gasteiger charge is -2.27. The molecule has 0 radical (unpaired) electrons. The quantitative estimate of drug-likeness (QED) is 0.795. The van der Waals surface area contributed by atoms with Crippen LogP contribution in [0.1, 0.15) is 32.1 Å². The minimum absolute atomic E-state index is 0.814. The fourth-order valence-electron chi connectivity index (χ4n) is 2.53. The maximum Gasteiger partial charge on any atom is 0.00792 e. The highest BCUT2D eigenvalue weighted by atomic mass is 32.2. The van der Waals surface area contributed by atoms with E-state index in [1.807, 2.05) is 0 Å². The standard InChI is InChI=1S/C12H24N2S/c1-2-6-13-12(4-1)5-8-14-7-3-10-15-11-9-14/h12-13H,1-11H2. The molecule has 2 saturated heterocycles. The Hall–Kier alpha value is 0.270. The van der Waals surface area contributed by atoms with Gasteiger partial charge in [0.25, 0.3) is 0 Å². The van der Waals surface area contributed by atoms with Crippen molar-refractivity contribution in [3.8, 4) is 0 Å². The molecule has 2 aliphatic rings. The maximum absolute atomic E-state index is 3.64. The molecule has 1 unspecified atom stereocenters. The van der Waals surface area contributed by atoms with E-state index in [1.54, 1.807) is 0 Å². The summed E-state index contributed by atoms with van der Waals surface area (Å²) in [5.74, 6) is 2.72. The van der Waals surface area contributed by atoms with Crippen molar-refractivity contribution in [2.75, 3.05) is 37.7 Å². The van der Waals surface area contributed by atoms with E-state index >= 15 is 0 Å². The molecule has 2 aliphatic heterocycles. The van der Waals surface area contributed by atoms with Crippen molar-refractivity contribution in [2.24, 2.45) is 0 Å². The van der Waals surface area contributed by atoms with Crippen molar-refractivity contribution in [3.05, 3.63) is 0 Å². The van der Waals surface area contributed by atoms with E-state index in [0.29, 0.717) is 0 Å². The molecule has 2 fully saturated rings. The van der Waals surface area contributed by atoms with Gasteiger partial charge in [0.05, 0.1) is 0 Å². The van der Waals surface area contributed by atoms with E-state index in [0.717, 1.165) is 6.04 Å². The molecule has 0 bridgehead atoms. The van der Waals surface area contributed by atoms with Crippen LogP contribution in [0.3, 0.4) is 0 Å². The summed E-state index contributed by atoms with van der Waals surface area (Å²) in [7, 11) is 0. The Morgan fingerprint density at radius 2 is 2.13 bits per heavy atom. The molecule has 0 aromatic rings. The molecule has 2 heterocycles. The first-order valence-electron chi connectivity index (χ1n) is 6.48. The first-order valence-corrected chi connectivity index (χ1v) is 7.64. The van der Waals surface area contributed by atoms with Crippen molar-refractivity contribution < 1.29 is 0 Å². The summed E-state index contributed by atoms with van der Waals surface area (Å²) in [5, 5.41) is 3.64. The zero-order chi connectivity index (χ0) is 10.3. The van der Waals surface area contributed by atoms with Crippen LogP contribution < -0.4 is 5.32 Å². The number of hydrogen-bond acceptors (Lipinski definition) is 3. The highest BCUT2D eigenvalue weighted by Crippen LogP contribution is 2.13. The third-order valence-electron chi connectivity index (χ3n) is 3.52. The first-order chi connectivity index (χ1) is 7.45. The van der Waals surface area contributed by atoms with Crippen LogP contribution in [0.5, 0.6) is 0 Å². The average Bonchev–Trinajstić information content (AvgIpc) is 2.56. The lowest BCUT2D eigenvalue weighted by atomic mass is 10.0. The van der Waals surface area contributed by atoms with Crippen molar-refractivity contribution in [3.63, 3.8) is 0 Å². The molecular formula is C12H24N2S. The Morgan fingerprint density at radius 3 is 3.00 bits per heavy atom. The number of nitrogens with one attached hydrogen (secondary N) is 1. The largest absolute Gasteiger partial charge is 0.314 e. The summed E-state index contributed by atoms with van der Waals surface area (Å²) < 4.78 is 0. The summed E-state index contributed by atoms with van der Waals surface area (Å²) in [4.78, 5) is 2.66. The molecule has 15 heavy (non-hydrogen) atoms. The van der Waals surface area contributed by atoms with Gasteiger partial charge in [0.1, 0.15) is 0 Å². The smallest absolute Gasteiger partial charge is 0.00792 e. The van der Waals surface area contributed by atoms with Gasteiger partial charge in [0.15, 0.2) is 0 Å². The van der Waals surface area contributed by atoms with Gasteiger partial charge in [0, 0.05) is 18.3 Å². The summed E-state index contributed by atoms with van der Waals surface area (Å²) >= 11 is 2.12. The molecule has 2 nitrogen and oxygen atoms in total. The van der Waals surface area contributed by atoms with E-state index in [4.69, 9.17) is 0 Å². The Balaban J connectivity index is 1.62. The van der Waals surface area contributed by atoms with Gasteiger partial charge in [-0.1, -0.05) is 6.42 Å². The molecule has 0 aliphatic carbocycles. The second-order valence-corrected chi connectivity index (χ2v) is 5.97. The van der Waals surface area contributed by atoms with Gasteiger partial charge >= 0.3 is 0 Å². The molecule has 88 valence electrons. The minimum atomic E-state index is 0.814. The SMILES string of the molecule is C1CCC(CCN2CCCSCC2)NC1. The van der Waals surface area contributed by atoms with Gasteiger partial charge in [-0.15, -0.1) is 0 Å². The van der Waals surface area contributed by atoms with Crippen molar-refractivity contribution in [2.45, 2.75) is 38.1 Å². The van der Waals surface area contributed by atoms with E-state index < -0.39 is 0 Å². The number of nitrogens with zero attached hydrogens (tertiary/aromatic N) is 1. The van der Waals surface area contributed by atoms with Gasteiger partial charge in [-0.05, 0) is 51.1 Å². The van der Waals surface area contributed by atoms with Gasteiger partial charge < -0.3 is 10.2 Å². The molecule has 0 aromatic heterocycles. The average molecular weight is 228 g/mol. The Morgan fingerprint density at radius 1 is 1.13 bits per heavy atom. The van der Waals surface area contributed by atoms with Gasteiger partial charge in [-0.3, -0.25) is 0 Å². The predicted molar refractivity (Wildman–Crippen MR) is 68.6 cm³/mol. The molecule has 1 N–H and O–H groups in total. The highest BCUT2D eigenvalue weighted by Gasteiger charge is 2.15. The highest BCUT2D eigenvalue weighted by molar-refractivity contribution is 7.99. The summed E-state index contributed by atoms with van der Waals surface area (Å²) in [6, 6.07) is 0.814. The zero-order valence-electron chi connectivity index (χ0n) is 9.71. The van der Waals surface area contributed by atoms with Crippen LogP contribution in [0.25, 0.3) is 0 Å². The van der Waals surface area contributed by atoms with Crippen LogP contribution in [0.4, 0.5) is 0 Å². The second kappa shape index (κ2) is 6.77. The van der Waals surface area contributed by atoms with Gasteiger partial charge in [0.2, 0.25) is 0 Å². The molecule has 3 heteroatoms. The van der Waals surface area contributed by atoms with Crippen LogP contribution >= 0.6 is 11.8 Å². The fraction of sp³-hybridized carbons (Fsp3) is 1.00. The minimum Gasteiger partial charge on any atom is -0.314 e. The van der Waals surface area contributed by atoms with Crippen molar-refractivity contribution >= 4 is 11.8 Å². The molecule has 0 saturated carbocycles. The Kier molecular flexibility index (Phi) is 5.30. The summed E-state index contributed by atoms with van der Waals surface area (Å²) in [6.45, 7) is 5.22. The number of rotatable bonds is 3. The van der Waals surface area contributed by atoms with Crippen LogP contribution in [0.15, 0.2) is 0 Å². The van der Waals surface area contributed by atoms with Crippen LogP contribution in [-0.4, -0.2) is 48.6 Å². The third kappa shape index (κ3) is 4.33. The Bertz CT molecular complexity index is 161. The molecular weight excluding hydrogens is 204 g/mol. The fourth-order valence-corrected chi connectivity index (χ4v) is 3.45. The van der Waals surface area contributed by atoms with E-state index in [1.165, 1.54) is 69.8 Å². The summed E-state index contributed by atoms with van der Waals surface area (Å²) in [6.07, 6.45) is 6.99. The van der Waals surface area contributed by atoms with Gasteiger partial charge in [-0.2, -0.15) is 11.8 Å². The van der Waals surface area contributed by atoms with Crippen molar-refractivity contribution in [1.29, 1.82) is 0 Å². The molecule has 1 atom stereocenters. The van der Waals surface area contributed by atoms with Crippen molar-refractivity contribution in [1.82, 2.24) is 10.2 Å². The molecule has 0 spiro atoms. The van der Waals surface area contributed by atoms with Gasteiger partial charge in [-0.25, -0.2) is 0 Å². The van der Waals surface area contributed by atoms with Crippen LogP contribution in [0.2, 0.25) is 0 Å². The number of piperidine rings is 1. The molecule has 2 rings (SSSR count). The van der Waals surface area contributed by atoms with E-state index in [2.05, 4.69) is 22.0 Å². The lowest BCUT2D eigenvalue weighted by molar-refractivity contribution is 0.262. The lowest BCUT2D eigenvalue weighted by Crippen LogP contribution is -2.38. The first kappa shape index (κ1) is 11.7. The summed E-state index contributed by atoms with van der Waals surface area (Å²) in [5.41, 5.74) is 0. The normalized spacial score (nSPS) is 30.0. The predicted octanol–water partition coefficient (Wildman–Crippen LogP) is 1.96. The number of hydrogen-bond donors (Lipinski definition) is 1. The number of thioether (sulfide) groups is 1. The maximum atomic E-state index is 3.64. The Labute approximate surface area is 98.2 Å². The topological polar surface area (TPSA) is 15.3 Å². The molecule has 0 amide bonds. The second-order valence-electron chi connectivity index (χ2n) is 4.74. The van der Waals surface area contributed by atoms with Crippen LogP contribution in [0, 0.1) is 0 Å². The van der Waals surface area contributed by atoms with E-state index in [9.17, 15) is 0 Å². The third-order valence-corrected chi connectivity index (χ3v) is 4.57. The molecule has 0 aromatic carbocycles.